The van der Waals surface area contributed by atoms with Crippen LogP contribution in [0.25, 0.3) is 11.1 Å². The Kier molecular flexibility index (Phi) is 5.93. The van der Waals surface area contributed by atoms with Crippen molar-refractivity contribution < 1.29 is 4.74 Å². The molecule has 1 fully saturated rings. The van der Waals surface area contributed by atoms with Gasteiger partial charge in [-0.05, 0) is 41.7 Å². The number of hydrogen-bond acceptors (Lipinski definition) is 3. The second-order valence-corrected chi connectivity index (χ2v) is 6.11. The SMILES string of the molecule is S=C(NCC1CCCO1)NN=Cc1ccc(-c2ccccc2)cc1. The van der Waals surface area contributed by atoms with Crippen molar-refractivity contribution in [2.45, 2.75) is 18.9 Å². The predicted octanol–water partition coefficient (Wildman–Crippen LogP) is 3.33. The molecule has 0 bridgehead atoms. The van der Waals surface area contributed by atoms with Crippen LogP contribution >= 0.6 is 12.2 Å². The largest absolute Gasteiger partial charge is 0.376 e. The highest BCUT2D eigenvalue weighted by molar-refractivity contribution is 7.80. The maximum Gasteiger partial charge on any atom is 0.187 e. The Morgan fingerprint density at radius 2 is 1.88 bits per heavy atom. The van der Waals surface area contributed by atoms with E-state index >= 15 is 0 Å². The Morgan fingerprint density at radius 3 is 2.58 bits per heavy atom. The van der Waals surface area contributed by atoms with Gasteiger partial charge in [0.2, 0.25) is 0 Å². The van der Waals surface area contributed by atoms with E-state index < -0.39 is 0 Å². The van der Waals surface area contributed by atoms with Crippen LogP contribution in [-0.2, 0) is 4.74 Å². The van der Waals surface area contributed by atoms with E-state index in [0.717, 1.165) is 31.6 Å². The molecule has 3 rings (SSSR count). The van der Waals surface area contributed by atoms with Gasteiger partial charge in [0.1, 0.15) is 0 Å². The zero-order valence-corrected chi connectivity index (χ0v) is 14.3. The van der Waals surface area contributed by atoms with Gasteiger partial charge in [0.05, 0.1) is 12.3 Å². The lowest BCUT2D eigenvalue weighted by Gasteiger charge is -2.11. The minimum atomic E-state index is 0.263. The summed E-state index contributed by atoms with van der Waals surface area (Å²) in [4.78, 5) is 0. The minimum Gasteiger partial charge on any atom is -0.376 e. The van der Waals surface area contributed by atoms with Gasteiger partial charge in [-0.15, -0.1) is 0 Å². The summed E-state index contributed by atoms with van der Waals surface area (Å²) in [7, 11) is 0. The Hall–Kier alpha value is -2.24. The number of benzene rings is 2. The van der Waals surface area contributed by atoms with Crippen molar-refractivity contribution in [2.75, 3.05) is 13.2 Å². The van der Waals surface area contributed by atoms with Crippen molar-refractivity contribution >= 4 is 23.5 Å². The van der Waals surface area contributed by atoms with Crippen molar-refractivity contribution in [3.63, 3.8) is 0 Å². The Labute approximate surface area is 147 Å². The molecule has 5 heteroatoms. The molecule has 0 aromatic heterocycles. The van der Waals surface area contributed by atoms with Crippen LogP contribution in [-0.4, -0.2) is 30.6 Å². The molecule has 0 amide bonds. The zero-order valence-electron chi connectivity index (χ0n) is 13.4. The fraction of sp³-hybridized carbons (Fsp3) is 0.263. The van der Waals surface area contributed by atoms with Gasteiger partial charge in [-0.3, -0.25) is 5.43 Å². The topological polar surface area (TPSA) is 45.6 Å². The van der Waals surface area contributed by atoms with Crippen molar-refractivity contribution in [1.29, 1.82) is 0 Å². The molecule has 0 saturated carbocycles. The minimum absolute atomic E-state index is 0.263. The Morgan fingerprint density at radius 1 is 1.12 bits per heavy atom. The standard InChI is InChI=1S/C19H21N3OS/c24-19(20-14-18-7-4-12-23-18)22-21-13-15-8-10-17(11-9-15)16-5-2-1-3-6-16/h1-3,5-6,8-11,13,18H,4,7,12,14H2,(H2,20,22,24). The molecular formula is C19H21N3OS. The lowest BCUT2D eigenvalue weighted by atomic mass is 10.0. The van der Waals surface area contributed by atoms with Crippen molar-refractivity contribution in [1.82, 2.24) is 10.7 Å². The van der Waals surface area contributed by atoms with Crippen molar-refractivity contribution in [3.05, 3.63) is 60.2 Å². The lowest BCUT2D eigenvalue weighted by molar-refractivity contribution is 0.114. The number of rotatable bonds is 5. The van der Waals surface area contributed by atoms with Crippen LogP contribution in [0.1, 0.15) is 18.4 Å². The van der Waals surface area contributed by atoms with E-state index in [9.17, 15) is 0 Å². The van der Waals surface area contributed by atoms with Crippen LogP contribution < -0.4 is 10.7 Å². The van der Waals surface area contributed by atoms with Gasteiger partial charge in [0.15, 0.2) is 5.11 Å². The molecule has 124 valence electrons. The van der Waals surface area contributed by atoms with Crippen molar-refractivity contribution in [2.24, 2.45) is 5.10 Å². The van der Waals surface area contributed by atoms with Crippen LogP contribution in [0.2, 0.25) is 0 Å². The molecule has 24 heavy (non-hydrogen) atoms. The number of hydrazone groups is 1. The number of thiocarbonyl (C=S) groups is 1. The fourth-order valence-electron chi connectivity index (χ4n) is 2.61. The summed E-state index contributed by atoms with van der Waals surface area (Å²) in [5, 5.41) is 7.81. The zero-order chi connectivity index (χ0) is 16.6. The molecular weight excluding hydrogens is 318 g/mol. The first kappa shape index (κ1) is 16.6. The second-order valence-electron chi connectivity index (χ2n) is 5.70. The summed E-state index contributed by atoms with van der Waals surface area (Å²) in [6.07, 6.45) is 4.24. The number of hydrogen-bond donors (Lipinski definition) is 2. The lowest BCUT2D eigenvalue weighted by Crippen LogP contribution is -2.37. The molecule has 1 saturated heterocycles. The van der Waals surface area contributed by atoms with Gasteiger partial charge in [0, 0.05) is 13.2 Å². The average molecular weight is 339 g/mol. The van der Waals surface area contributed by atoms with E-state index in [-0.39, 0.29) is 6.10 Å². The third kappa shape index (κ3) is 4.88. The molecule has 0 spiro atoms. The molecule has 4 nitrogen and oxygen atoms in total. The number of nitrogens with zero attached hydrogens (tertiary/aromatic N) is 1. The maximum absolute atomic E-state index is 5.54. The molecule has 1 heterocycles. The van der Waals surface area contributed by atoms with Gasteiger partial charge >= 0.3 is 0 Å². The van der Waals surface area contributed by atoms with E-state index in [2.05, 4.69) is 40.1 Å². The van der Waals surface area contributed by atoms with Crippen LogP contribution in [0.5, 0.6) is 0 Å². The summed E-state index contributed by atoms with van der Waals surface area (Å²) in [6, 6.07) is 18.6. The van der Waals surface area contributed by atoms with E-state index in [1.807, 2.05) is 30.3 Å². The van der Waals surface area contributed by atoms with E-state index in [1.54, 1.807) is 6.21 Å². The van der Waals surface area contributed by atoms with Gasteiger partial charge in [-0.1, -0.05) is 54.6 Å². The number of nitrogens with one attached hydrogen (secondary N) is 2. The molecule has 1 atom stereocenters. The van der Waals surface area contributed by atoms with Gasteiger partial charge < -0.3 is 10.1 Å². The third-order valence-electron chi connectivity index (χ3n) is 3.91. The molecule has 0 aliphatic carbocycles. The normalized spacial score (nSPS) is 17.1. The van der Waals surface area contributed by atoms with Gasteiger partial charge in [0.25, 0.3) is 0 Å². The van der Waals surface area contributed by atoms with Crippen molar-refractivity contribution in [3.8, 4) is 11.1 Å². The van der Waals surface area contributed by atoms with Gasteiger partial charge in [-0.2, -0.15) is 5.10 Å². The first-order chi connectivity index (χ1) is 11.8. The summed E-state index contributed by atoms with van der Waals surface area (Å²) in [5.74, 6) is 0. The first-order valence-corrected chi connectivity index (χ1v) is 8.56. The molecule has 0 radical (unpaired) electrons. The van der Waals surface area contributed by atoms with Crippen LogP contribution in [0, 0.1) is 0 Å². The summed E-state index contributed by atoms with van der Waals surface area (Å²) in [6.45, 7) is 1.58. The molecule has 2 aromatic rings. The average Bonchev–Trinajstić information content (AvgIpc) is 3.15. The van der Waals surface area contributed by atoms with E-state index in [0.29, 0.717) is 5.11 Å². The van der Waals surface area contributed by atoms with Gasteiger partial charge in [-0.25, -0.2) is 0 Å². The highest BCUT2D eigenvalue weighted by Gasteiger charge is 2.14. The quantitative estimate of drug-likeness (QED) is 0.498. The van der Waals surface area contributed by atoms with Crippen LogP contribution in [0.15, 0.2) is 59.7 Å². The first-order valence-electron chi connectivity index (χ1n) is 8.15. The molecule has 1 aliphatic heterocycles. The summed E-state index contributed by atoms with van der Waals surface area (Å²) < 4.78 is 5.54. The van der Waals surface area contributed by atoms with E-state index in [1.165, 1.54) is 11.1 Å². The Bertz CT molecular complexity index is 680. The monoisotopic (exact) mass is 339 g/mol. The summed E-state index contributed by atoms with van der Waals surface area (Å²) >= 11 is 5.20. The predicted molar refractivity (Wildman–Crippen MR) is 102 cm³/mol. The molecule has 1 unspecified atom stereocenters. The van der Waals surface area contributed by atoms with E-state index in [4.69, 9.17) is 17.0 Å². The molecule has 2 N–H and O–H groups in total. The third-order valence-corrected chi connectivity index (χ3v) is 4.15. The smallest absolute Gasteiger partial charge is 0.187 e. The fourth-order valence-corrected chi connectivity index (χ4v) is 2.75. The molecule has 1 aliphatic rings. The Balaban J connectivity index is 1.46. The summed E-state index contributed by atoms with van der Waals surface area (Å²) in [5.41, 5.74) is 6.25. The second kappa shape index (κ2) is 8.57. The number of ether oxygens (including phenoxy) is 1. The highest BCUT2D eigenvalue weighted by Crippen LogP contribution is 2.18. The highest BCUT2D eigenvalue weighted by atomic mass is 32.1. The maximum atomic E-state index is 5.54. The van der Waals surface area contributed by atoms with Crippen LogP contribution in [0.4, 0.5) is 0 Å². The molecule has 2 aromatic carbocycles. The van der Waals surface area contributed by atoms with Crippen LogP contribution in [0.3, 0.4) is 0 Å².